The van der Waals surface area contributed by atoms with Crippen molar-refractivity contribution in [3.63, 3.8) is 0 Å². The third kappa shape index (κ3) is 4.59. The number of hydrogen-bond donors (Lipinski definition) is 1. The van der Waals surface area contributed by atoms with Crippen LogP contribution in [0.1, 0.15) is 45.1 Å². The quantitative estimate of drug-likeness (QED) is 0.772. The van der Waals surface area contributed by atoms with Crippen molar-refractivity contribution in [3.8, 4) is 0 Å². The van der Waals surface area contributed by atoms with E-state index in [9.17, 15) is 5.11 Å². The van der Waals surface area contributed by atoms with E-state index in [1.807, 2.05) is 0 Å². The molecule has 1 aromatic rings. The monoisotopic (exact) mass is 359 g/mol. The summed E-state index contributed by atoms with van der Waals surface area (Å²) in [5.74, 6) is 0. The summed E-state index contributed by atoms with van der Waals surface area (Å²) >= 11 is 0. The van der Waals surface area contributed by atoms with Crippen LogP contribution in [-0.2, 0) is 6.54 Å². The van der Waals surface area contributed by atoms with Gasteiger partial charge in [0.05, 0.1) is 0 Å². The summed E-state index contributed by atoms with van der Waals surface area (Å²) in [4.78, 5) is 7.71. The Labute approximate surface area is 159 Å². The maximum absolute atomic E-state index is 9.92. The number of aliphatic hydroxyl groups excluding tert-OH is 1. The van der Waals surface area contributed by atoms with Crippen molar-refractivity contribution in [2.45, 2.75) is 46.1 Å². The summed E-state index contributed by atoms with van der Waals surface area (Å²) in [5, 5.41) is 9.92. The van der Waals surface area contributed by atoms with Crippen molar-refractivity contribution < 1.29 is 5.11 Å². The molecule has 0 saturated carbocycles. The largest absolute Gasteiger partial charge is 0.396 e. The molecule has 0 aliphatic carbocycles. The van der Waals surface area contributed by atoms with Gasteiger partial charge < -0.3 is 10.0 Å². The van der Waals surface area contributed by atoms with Gasteiger partial charge in [-0.25, -0.2) is 0 Å². The number of anilines is 1. The molecular formula is C22H37N3O. The lowest BCUT2D eigenvalue weighted by Crippen LogP contribution is -2.47. The number of para-hydroxylation sites is 1. The maximum atomic E-state index is 9.92. The van der Waals surface area contributed by atoms with Crippen molar-refractivity contribution in [1.82, 2.24) is 9.80 Å². The van der Waals surface area contributed by atoms with E-state index in [0.29, 0.717) is 6.61 Å². The summed E-state index contributed by atoms with van der Waals surface area (Å²) in [6.07, 6.45) is 4.68. The van der Waals surface area contributed by atoms with Crippen molar-refractivity contribution in [2.24, 2.45) is 5.41 Å². The van der Waals surface area contributed by atoms with Crippen LogP contribution in [0.3, 0.4) is 0 Å². The second-order valence-corrected chi connectivity index (χ2v) is 8.33. The van der Waals surface area contributed by atoms with Crippen LogP contribution in [0, 0.1) is 5.41 Å². The minimum atomic E-state index is 0.134. The Morgan fingerprint density at radius 3 is 2.42 bits per heavy atom. The first-order chi connectivity index (χ1) is 12.7. The van der Waals surface area contributed by atoms with E-state index in [4.69, 9.17) is 0 Å². The zero-order valence-electron chi connectivity index (χ0n) is 16.8. The van der Waals surface area contributed by atoms with Gasteiger partial charge >= 0.3 is 0 Å². The normalized spacial score (nSPS) is 25.1. The van der Waals surface area contributed by atoms with Gasteiger partial charge in [-0.3, -0.25) is 9.80 Å². The van der Waals surface area contributed by atoms with Crippen molar-refractivity contribution in [3.05, 3.63) is 29.8 Å². The summed E-state index contributed by atoms with van der Waals surface area (Å²) < 4.78 is 0. The first-order valence-electron chi connectivity index (χ1n) is 10.6. The van der Waals surface area contributed by atoms with E-state index in [1.165, 1.54) is 37.3 Å². The van der Waals surface area contributed by atoms with E-state index in [-0.39, 0.29) is 5.41 Å². The van der Waals surface area contributed by atoms with Crippen molar-refractivity contribution in [1.29, 1.82) is 0 Å². The Balaban J connectivity index is 1.63. The van der Waals surface area contributed by atoms with Crippen LogP contribution < -0.4 is 4.90 Å². The SMILES string of the molecule is CCCN1CCN(c2ccccc2CN2CCC(CO)(CCC)C2)CC1. The topological polar surface area (TPSA) is 30.0 Å². The fourth-order valence-corrected chi connectivity index (χ4v) is 4.83. The molecule has 2 saturated heterocycles. The predicted octanol–water partition coefficient (Wildman–Crippen LogP) is 3.20. The number of benzene rings is 1. The van der Waals surface area contributed by atoms with E-state index < -0.39 is 0 Å². The highest BCUT2D eigenvalue weighted by Gasteiger charge is 2.36. The lowest BCUT2D eigenvalue weighted by Gasteiger charge is -2.37. The molecule has 1 aromatic carbocycles. The minimum absolute atomic E-state index is 0.134. The molecule has 2 aliphatic rings. The fraction of sp³-hybridized carbons (Fsp3) is 0.727. The predicted molar refractivity (Wildman–Crippen MR) is 110 cm³/mol. The van der Waals surface area contributed by atoms with E-state index in [0.717, 1.165) is 52.0 Å². The highest BCUT2D eigenvalue weighted by Crippen LogP contribution is 2.36. The van der Waals surface area contributed by atoms with Crippen LogP contribution in [-0.4, -0.2) is 67.3 Å². The third-order valence-corrected chi connectivity index (χ3v) is 6.27. The van der Waals surface area contributed by atoms with Crippen LogP contribution >= 0.6 is 0 Å². The summed E-state index contributed by atoms with van der Waals surface area (Å²) in [6, 6.07) is 8.95. The van der Waals surface area contributed by atoms with Crippen LogP contribution in [0.5, 0.6) is 0 Å². The van der Waals surface area contributed by atoms with Crippen LogP contribution in [0.4, 0.5) is 5.69 Å². The Morgan fingerprint density at radius 1 is 0.962 bits per heavy atom. The average molecular weight is 360 g/mol. The Bertz CT molecular complexity index is 556. The van der Waals surface area contributed by atoms with Gasteiger partial charge in [-0.1, -0.05) is 38.5 Å². The molecule has 1 N–H and O–H groups in total. The molecule has 2 heterocycles. The van der Waals surface area contributed by atoms with Gasteiger partial charge in [0.1, 0.15) is 0 Å². The zero-order chi connectivity index (χ0) is 18.4. The zero-order valence-corrected chi connectivity index (χ0v) is 16.8. The first kappa shape index (κ1) is 19.7. The molecule has 0 radical (unpaired) electrons. The Hall–Kier alpha value is -1.10. The van der Waals surface area contributed by atoms with Gasteiger partial charge in [-0.05, 0) is 44.0 Å². The van der Waals surface area contributed by atoms with E-state index in [2.05, 4.69) is 52.8 Å². The molecule has 0 spiro atoms. The molecule has 4 heteroatoms. The second-order valence-electron chi connectivity index (χ2n) is 8.33. The molecule has 4 nitrogen and oxygen atoms in total. The molecule has 0 amide bonds. The molecular weight excluding hydrogens is 322 g/mol. The standard InChI is InChI=1S/C22H37N3O/c1-3-9-22(19-26)10-12-24(18-22)17-20-7-5-6-8-21(20)25-15-13-23(11-4-2)14-16-25/h5-8,26H,3-4,9-19H2,1-2H3. The highest BCUT2D eigenvalue weighted by atomic mass is 16.3. The van der Waals surface area contributed by atoms with Crippen LogP contribution in [0.15, 0.2) is 24.3 Å². The highest BCUT2D eigenvalue weighted by molar-refractivity contribution is 5.54. The Kier molecular flexibility index (Phi) is 6.96. The fourth-order valence-electron chi connectivity index (χ4n) is 4.83. The van der Waals surface area contributed by atoms with Crippen LogP contribution in [0.2, 0.25) is 0 Å². The van der Waals surface area contributed by atoms with E-state index >= 15 is 0 Å². The minimum Gasteiger partial charge on any atom is -0.396 e. The summed E-state index contributed by atoms with van der Waals surface area (Å²) in [6.45, 7) is 13.8. The number of piperazine rings is 1. The molecule has 1 unspecified atom stereocenters. The van der Waals surface area contributed by atoms with Gasteiger partial charge in [0.15, 0.2) is 0 Å². The average Bonchev–Trinajstić information content (AvgIpc) is 3.07. The molecule has 0 aromatic heterocycles. The lowest BCUT2D eigenvalue weighted by molar-refractivity contribution is 0.117. The molecule has 0 bridgehead atoms. The molecule has 1 atom stereocenters. The van der Waals surface area contributed by atoms with Gasteiger partial charge in [0.2, 0.25) is 0 Å². The van der Waals surface area contributed by atoms with Gasteiger partial charge in [-0.15, -0.1) is 0 Å². The maximum Gasteiger partial charge on any atom is 0.0500 e. The smallest absolute Gasteiger partial charge is 0.0500 e. The van der Waals surface area contributed by atoms with Gasteiger partial charge in [0.25, 0.3) is 0 Å². The summed E-state index contributed by atoms with van der Waals surface area (Å²) in [7, 11) is 0. The molecule has 3 rings (SSSR count). The number of rotatable bonds is 8. The van der Waals surface area contributed by atoms with Gasteiger partial charge in [0, 0.05) is 57.0 Å². The summed E-state index contributed by atoms with van der Waals surface area (Å²) in [5.41, 5.74) is 3.00. The van der Waals surface area contributed by atoms with Crippen molar-refractivity contribution in [2.75, 3.05) is 57.3 Å². The number of aliphatic hydroxyl groups is 1. The van der Waals surface area contributed by atoms with Crippen LogP contribution in [0.25, 0.3) is 0 Å². The number of nitrogens with zero attached hydrogens (tertiary/aromatic N) is 3. The molecule has 2 aliphatic heterocycles. The molecule has 2 fully saturated rings. The second kappa shape index (κ2) is 9.20. The molecule has 26 heavy (non-hydrogen) atoms. The first-order valence-corrected chi connectivity index (χ1v) is 10.6. The van der Waals surface area contributed by atoms with Gasteiger partial charge in [-0.2, -0.15) is 0 Å². The third-order valence-electron chi connectivity index (χ3n) is 6.27. The number of likely N-dealkylation sites (tertiary alicyclic amines) is 1. The number of hydrogen-bond acceptors (Lipinski definition) is 4. The lowest BCUT2D eigenvalue weighted by atomic mass is 9.83. The molecule has 146 valence electrons. The van der Waals surface area contributed by atoms with Crippen molar-refractivity contribution >= 4 is 5.69 Å². The van der Waals surface area contributed by atoms with E-state index in [1.54, 1.807) is 0 Å². The Morgan fingerprint density at radius 2 is 1.73 bits per heavy atom.